The lowest BCUT2D eigenvalue weighted by atomic mass is 10.1. The standard InChI is InChI=1S/C20H18N2O5/c1-26-20(25)15-9-3-2-8-14(15)19(24)22-12-6-7-13-27-17-11-5-4-10-16(17)18(21)23/h2-5,8-11H,12-13H2,1H3,(H2,21,23)(H,22,24). The van der Waals surface area contributed by atoms with Gasteiger partial charge in [0.15, 0.2) is 0 Å². The lowest BCUT2D eigenvalue weighted by Gasteiger charge is -2.07. The van der Waals surface area contributed by atoms with Crippen LogP contribution < -0.4 is 15.8 Å². The molecule has 3 N–H and O–H groups in total. The summed E-state index contributed by atoms with van der Waals surface area (Å²) >= 11 is 0. The highest BCUT2D eigenvalue weighted by Gasteiger charge is 2.16. The van der Waals surface area contributed by atoms with Crippen LogP contribution >= 0.6 is 0 Å². The summed E-state index contributed by atoms with van der Waals surface area (Å²) in [6.07, 6.45) is 0. The van der Waals surface area contributed by atoms with Crippen LogP contribution in [0.1, 0.15) is 31.1 Å². The van der Waals surface area contributed by atoms with Gasteiger partial charge in [-0.2, -0.15) is 0 Å². The third kappa shape index (κ3) is 5.34. The van der Waals surface area contributed by atoms with E-state index in [0.717, 1.165) is 0 Å². The molecular weight excluding hydrogens is 348 g/mol. The summed E-state index contributed by atoms with van der Waals surface area (Å²) in [7, 11) is 1.25. The number of esters is 1. The second-order valence-corrected chi connectivity index (χ2v) is 5.22. The molecule has 2 rings (SSSR count). The van der Waals surface area contributed by atoms with Crippen molar-refractivity contribution < 1.29 is 23.9 Å². The highest BCUT2D eigenvalue weighted by molar-refractivity contribution is 6.05. The van der Waals surface area contributed by atoms with Crippen molar-refractivity contribution in [3.05, 3.63) is 65.2 Å². The van der Waals surface area contributed by atoms with Crippen molar-refractivity contribution in [2.45, 2.75) is 0 Å². The van der Waals surface area contributed by atoms with E-state index in [1.807, 2.05) is 0 Å². The molecule has 27 heavy (non-hydrogen) atoms. The molecule has 0 atom stereocenters. The maximum atomic E-state index is 12.2. The number of carbonyl (C=O) groups is 3. The van der Waals surface area contributed by atoms with Crippen molar-refractivity contribution in [2.24, 2.45) is 5.73 Å². The van der Waals surface area contributed by atoms with Crippen LogP contribution in [0.2, 0.25) is 0 Å². The zero-order chi connectivity index (χ0) is 19.6. The molecule has 2 aromatic rings. The van der Waals surface area contributed by atoms with Crippen molar-refractivity contribution in [3.63, 3.8) is 0 Å². The zero-order valence-corrected chi connectivity index (χ0v) is 14.7. The Bertz CT molecular complexity index is 912. The molecule has 0 fully saturated rings. The third-order valence-electron chi connectivity index (χ3n) is 3.49. The van der Waals surface area contributed by atoms with Crippen molar-refractivity contribution in [3.8, 4) is 17.6 Å². The van der Waals surface area contributed by atoms with Crippen LogP contribution in [0.25, 0.3) is 0 Å². The molecule has 0 heterocycles. The second-order valence-electron chi connectivity index (χ2n) is 5.22. The number of rotatable bonds is 6. The van der Waals surface area contributed by atoms with Gasteiger partial charge in [0, 0.05) is 0 Å². The van der Waals surface area contributed by atoms with Crippen molar-refractivity contribution in [1.29, 1.82) is 0 Å². The van der Waals surface area contributed by atoms with E-state index in [1.54, 1.807) is 36.4 Å². The molecule has 138 valence electrons. The van der Waals surface area contributed by atoms with Gasteiger partial charge < -0.3 is 20.5 Å². The minimum absolute atomic E-state index is 0.0267. The molecule has 0 aliphatic carbocycles. The van der Waals surface area contributed by atoms with Gasteiger partial charge in [-0.3, -0.25) is 9.59 Å². The number of methoxy groups -OCH3 is 1. The summed E-state index contributed by atoms with van der Waals surface area (Å²) in [5, 5.41) is 2.60. The van der Waals surface area contributed by atoms with Gasteiger partial charge >= 0.3 is 5.97 Å². The van der Waals surface area contributed by atoms with Gasteiger partial charge in [0.05, 0.1) is 30.3 Å². The molecule has 0 aromatic heterocycles. The fourth-order valence-electron chi connectivity index (χ4n) is 2.21. The van der Waals surface area contributed by atoms with Crippen LogP contribution in [0.15, 0.2) is 48.5 Å². The minimum atomic E-state index is -0.589. The fourth-order valence-corrected chi connectivity index (χ4v) is 2.21. The summed E-state index contributed by atoms with van der Waals surface area (Å²) < 4.78 is 10.1. The van der Waals surface area contributed by atoms with Gasteiger partial charge in [0.2, 0.25) is 0 Å². The largest absolute Gasteiger partial charge is 0.480 e. The van der Waals surface area contributed by atoms with Gasteiger partial charge in [0.25, 0.3) is 11.8 Å². The molecule has 0 bridgehead atoms. The molecule has 7 nitrogen and oxygen atoms in total. The summed E-state index contributed by atoms with van der Waals surface area (Å²) in [4.78, 5) is 35.2. The molecule has 2 amide bonds. The average Bonchev–Trinajstić information content (AvgIpc) is 2.69. The lowest BCUT2D eigenvalue weighted by Crippen LogP contribution is -2.26. The number of benzene rings is 2. The molecule has 2 aromatic carbocycles. The first-order valence-corrected chi connectivity index (χ1v) is 7.97. The molecule has 0 unspecified atom stereocenters. The van der Waals surface area contributed by atoms with E-state index in [-0.39, 0.29) is 29.8 Å². The molecule has 0 radical (unpaired) electrons. The summed E-state index contributed by atoms with van der Waals surface area (Å²) in [6, 6.07) is 12.9. The Morgan fingerprint density at radius 3 is 2.26 bits per heavy atom. The number of ether oxygens (including phenoxy) is 2. The van der Waals surface area contributed by atoms with E-state index in [2.05, 4.69) is 21.9 Å². The molecule has 0 aliphatic heterocycles. The molecule has 0 spiro atoms. The molecule has 0 saturated carbocycles. The second kappa shape index (κ2) is 9.63. The Morgan fingerprint density at radius 2 is 1.59 bits per heavy atom. The van der Waals surface area contributed by atoms with Crippen LogP contribution in [-0.4, -0.2) is 38.0 Å². The fraction of sp³-hybridized carbons (Fsp3) is 0.150. The van der Waals surface area contributed by atoms with Gasteiger partial charge in [-0.15, -0.1) is 0 Å². The molecule has 0 aliphatic rings. The summed E-state index contributed by atoms with van der Waals surface area (Å²) in [5.41, 5.74) is 5.92. The number of para-hydroxylation sites is 1. The van der Waals surface area contributed by atoms with Gasteiger partial charge in [-0.25, -0.2) is 4.79 Å². The highest BCUT2D eigenvalue weighted by atomic mass is 16.5. The number of carbonyl (C=O) groups excluding carboxylic acids is 3. The number of amides is 2. The maximum absolute atomic E-state index is 12.2. The summed E-state index contributed by atoms with van der Waals surface area (Å²) in [5.74, 6) is 4.18. The monoisotopic (exact) mass is 366 g/mol. The number of hydrogen-bond donors (Lipinski definition) is 2. The number of primary amides is 1. The first-order chi connectivity index (χ1) is 13.0. The lowest BCUT2D eigenvalue weighted by molar-refractivity contribution is 0.0596. The van der Waals surface area contributed by atoms with E-state index in [9.17, 15) is 14.4 Å². The highest BCUT2D eigenvalue weighted by Crippen LogP contribution is 2.16. The Balaban J connectivity index is 1.89. The van der Waals surface area contributed by atoms with E-state index in [4.69, 9.17) is 10.5 Å². The first-order valence-electron chi connectivity index (χ1n) is 7.97. The van der Waals surface area contributed by atoms with Gasteiger partial charge in [-0.05, 0) is 24.3 Å². The quantitative estimate of drug-likeness (QED) is 0.593. The van der Waals surface area contributed by atoms with Crippen molar-refractivity contribution in [2.75, 3.05) is 20.3 Å². The average molecular weight is 366 g/mol. The van der Waals surface area contributed by atoms with E-state index < -0.39 is 17.8 Å². The minimum Gasteiger partial charge on any atom is -0.480 e. The summed E-state index contributed by atoms with van der Waals surface area (Å²) in [6.45, 7) is 0.0913. The van der Waals surface area contributed by atoms with Gasteiger partial charge in [0.1, 0.15) is 12.4 Å². The third-order valence-corrected chi connectivity index (χ3v) is 3.49. The van der Waals surface area contributed by atoms with E-state index in [0.29, 0.717) is 5.75 Å². The maximum Gasteiger partial charge on any atom is 0.338 e. The van der Waals surface area contributed by atoms with Crippen LogP contribution in [0, 0.1) is 11.8 Å². The van der Waals surface area contributed by atoms with Crippen LogP contribution in [0.5, 0.6) is 5.75 Å². The topological polar surface area (TPSA) is 108 Å². The predicted molar refractivity (Wildman–Crippen MR) is 98.3 cm³/mol. The van der Waals surface area contributed by atoms with E-state index in [1.165, 1.54) is 19.2 Å². The Morgan fingerprint density at radius 1 is 0.963 bits per heavy atom. The molecule has 0 saturated heterocycles. The molecule has 7 heteroatoms. The van der Waals surface area contributed by atoms with Crippen molar-refractivity contribution in [1.82, 2.24) is 5.32 Å². The zero-order valence-electron chi connectivity index (χ0n) is 14.7. The number of nitrogens with one attached hydrogen (secondary N) is 1. The SMILES string of the molecule is COC(=O)c1ccccc1C(=O)NCC#CCOc1ccccc1C(N)=O. The molecular formula is C20H18N2O5. The van der Waals surface area contributed by atoms with Crippen LogP contribution in [0.4, 0.5) is 0 Å². The number of nitrogens with two attached hydrogens (primary N) is 1. The Labute approximate surface area is 156 Å². The smallest absolute Gasteiger partial charge is 0.338 e. The predicted octanol–water partition coefficient (Wildman–Crippen LogP) is 1.38. The van der Waals surface area contributed by atoms with E-state index >= 15 is 0 Å². The van der Waals surface area contributed by atoms with Gasteiger partial charge in [-0.1, -0.05) is 36.1 Å². The van der Waals surface area contributed by atoms with Crippen LogP contribution in [0.3, 0.4) is 0 Å². The first kappa shape index (κ1) is 19.5. The van der Waals surface area contributed by atoms with Crippen LogP contribution in [-0.2, 0) is 4.74 Å². The Hall–Kier alpha value is -3.79. The Kier molecular flexibility index (Phi) is 6.97. The van der Waals surface area contributed by atoms with Crippen molar-refractivity contribution >= 4 is 17.8 Å². The number of hydrogen-bond acceptors (Lipinski definition) is 5. The normalized spacial score (nSPS) is 9.52.